The summed E-state index contributed by atoms with van der Waals surface area (Å²) in [4.78, 5) is 0. The molecule has 0 bridgehead atoms. The van der Waals surface area contributed by atoms with Gasteiger partial charge >= 0.3 is 0 Å². The summed E-state index contributed by atoms with van der Waals surface area (Å²) in [7, 11) is 0. The fraction of sp³-hybridized carbons (Fsp3) is 1.00. The van der Waals surface area contributed by atoms with Gasteiger partial charge in [-0.1, -0.05) is 26.2 Å². The van der Waals surface area contributed by atoms with E-state index in [1.165, 1.54) is 25.7 Å². The minimum absolute atomic E-state index is 0.0215. The van der Waals surface area contributed by atoms with Crippen molar-refractivity contribution in [3.8, 4) is 0 Å². The van der Waals surface area contributed by atoms with E-state index in [1.807, 2.05) is 0 Å². The molecule has 1 aliphatic rings. The maximum Gasteiger partial charge on any atom is 0.158 e. The molecule has 1 rings (SSSR count). The van der Waals surface area contributed by atoms with Gasteiger partial charge in [0.05, 0.1) is 12.2 Å². The summed E-state index contributed by atoms with van der Waals surface area (Å²) >= 11 is 0. The molecule has 0 radical (unpaired) electrons. The van der Waals surface area contributed by atoms with Crippen LogP contribution >= 0.6 is 0 Å². The molecule has 0 aliphatic carbocycles. The zero-order valence-corrected chi connectivity index (χ0v) is 9.84. The minimum Gasteiger partial charge on any atom is -0.353 e. The molecule has 0 aromatic heterocycles. The van der Waals surface area contributed by atoms with Crippen LogP contribution in [0.1, 0.15) is 59.3 Å². The van der Waals surface area contributed by atoms with E-state index < -0.39 is 0 Å². The normalized spacial score (nSPS) is 26.4. The molecule has 1 heterocycles. The van der Waals surface area contributed by atoms with E-state index in [0.717, 1.165) is 19.4 Å². The van der Waals surface area contributed by atoms with Crippen LogP contribution in [0.25, 0.3) is 0 Å². The highest BCUT2D eigenvalue weighted by Crippen LogP contribution is 2.25. The Kier molecular flexibility index (Phi) is 4.90. The second-order valence-corrected chi connectivity index (χ2v) is 4.78. The van der Waals surface area contributed by atoms with E-state index >= 15 is 0 Å². The predicted octanol–water partition coefficient (Wildman–Crippen LogP) is 3.50. The van der Waals surface area contributed by atoms with Crippen molar-refractivity contribution in [2.75, 3.05) is 6.61 Å². The number of rotatable bonds is 5. The van der Waals surface area contributed by atoms with Crippen molar-refractivity contribution >= 4 is 0 Å². The molecule has 0 aromatic rings. The highest BCUT2D eigenvalue weighted by atomic mass is 16.7. The Morgan fingerprint density at radius 2 is 2.00 bits per heavy atom. The lowest BCUT2D eigenvalue weighted by molar-refractivity contribution is -0.247. The van der Waals surface area contributed by atoms with Crippen LogP contribution in [0.2, 0.25) is 0 Å². The van der Waals surface area contributed by atoms with E-state index in [1.54, 1.807) is 0 Å². The van der Waals surface area contributed by atoms with Gasteiger partial charge in [-0.25, -0.2) is 0 Å². The smallest absolute Gasteiger partial charge is 0.158 e. The molecule has 1 aliphatic heterocycles. The van der Waals surface area contributed by atoms with E-state index in [-0.39, 0.29) is 11.9 Å². The van der Waals surface area contributed by atoms with Gasteiger partial charge in [-0.15, -0.1) is 0 Å². The maximum atomic E-state index is 5.83. The highest BCUT2D eigenvalue weighted by molar-refractivity contribution is 4.72. The van der Waals surface area contributed by atoms with Crippen LogP contribution in [0.4, 0.5) is 0 Å². The average Bonchev–Trinajstić information content (AvgIpc) is 2.11. The maximum absolute atomic E-state index is 5.83. The molecule has 14 heavy (non-hydrogen) atoms. The van der Waals surface area contributed by atoms with Crippen molar-refractivity contribution in [2.24, 2.45) is 0 Å². The lowest BCUT2D eigenvalue weighted by atomic mass is 10.0. The van der Waals surface area contributed by atoms with Gasteiger partial charge in [-0.2, -0.15) is 0 Å². The second-order valence-electron chi connectivity index (χ2n) is 4.78. The first-order chi connectivity index (χ1) is 6.64. The van der Waals surface area contributed by atoms with Crippen LogP contribution in [0.15, 0.2) is 0 Å². The molecule has 2 nitrogen and oxygen atoms in total. The Balaban J connectivity index is 2.12. The number of hydrogen-bond acceptors (Lipinski definition) is 2. The van der Waals surface area contributed by atoms with E-state index in [0.29, 0.717) is 0 Å². The number of hydrogen-bond donors (Lipinski definition) is 0. The molecule has 84 valence electrons. The monoisotopic (exact) mass is 200 g/mol. The summed E-state index contributed by atoms with van der Waals surface area (Å²) in [5, 5.41) is 0. The zero-order chi connectivity index (χ0) is 10.4. The van der Waals surface area contributed by atoms with E-state index in [4.69, 9.17) is 9.47 Å². The molecule has 1 unspecified atom stereocenters. The third kappa shape index (κ3) is 4.43. The van der Waals surface area contributed by atoms with Gasteiger partial charge in [0.2, 0.25) is 0 Å². The van der Waals surface area contributed by atoms with E-state index in [9.17, 15) is 0 Å². The van der Waals surface area contributed by atoms with Crippen molar-refractivity contribution in [1.29, 1.82) is 0 Å². The summed E-state index contributed by atoms with van der Waals surface area (Å²) in [6.07, 6.45) is 7.28. The average molecular weight is 200 g/mol. The van der Waals surface area contributed by atoms with Crippen molar-refractivity contribution < 1.29 is 9.47 Å². The summed E-state index contributed by atoms with van der Waals surface area (Å²) in [6.45, 7) is 7.38. The molecule has 2 heteroatoms. The van der Waals surface area contributed by atoms with Gasteiger partial charge in [-0.05, 0) is 33.1 Å². The molecule has 1 fully saturated rings. The number of unbranched alkanes of at least 4 members (excludes halogenated alkanes) is 3. The van der Waals surface area contributed by atoms with Crippen molar-refractivity contribution in [2.45, 2.75) is 71.2 Å². The van der Waals surface area contributed by atoms with Gasteiger partial charge in [0.15, 0.2) is 6.29 Å². The summed E-state index contributed by atoms with van der Waals surface area (Å²) < 4.78 is 11.4. The molecule has 1 saturated heterocycles. The molecule has 0 aromatic carbocycles. The van der Waals surface area contributed by atoms with Crippen LogP contribution in [0.5, 0.6) is 0 Å². The van der Waals surface area contributed by atoms with Crippen molar-refractivity contribution in [3.63, 3.8) is 0 Å². The lowest BCUT2D eigenvalue weighted by Gasteiger charge is -2.36. The summed E-state index contributed by atoms with van der Waals surface area (Å²) in [5.41, 5.74) is 0.0215. The molecule has 0 saturated carbocycles. The Hall–Kier alpha value is -0.0800. The Bertz CT molecular complexity index is 154. The molecule has 0 amide bonds. The summed E-state index contributed by atoms with van der Waals surface area (Å²) in [6, 6.07) is 0. The van der Waals surface area contributed by atoms with E-state index in [2.05, 4.69) is 20.8 Å². The highest BCUT2D eigenvalue weighted by Gasteiger charge is 2.28. The second kappa shape index (κ2) is 5.72. The van der Waals surface area contributed by atoms with Gasteiger partial charge in [0.1, 0.15) is 0 Å². The fourth-order valence-corrected chi connectivity index (χ4v) is 1.76. The SMILES string of the molecule is CCCCCCC1OCCC(C)(C)O1. The molecule has 1 atom stereocenters. The van der Waals surface area contributed by atoms with Crippen LogP contribution in [0.3, 0.4) is 0 Å². The fourth-order valence-electron chi connectivity index (χ4n) is 1.76. The first kappa shape index (κ1) is 12.0. The van der Waals surface area contributed by atoms with Crippen LogP contribution in [-0.4, -0.2) is 18.5 Å². The number of ether oxygens (including phenoxy) is 2. The largest absolute Gasteiger partial charge is 0.353 e. The van der Waals surface area contributed by atoms with Crippen LogP contribution < -0.4 is 0 Å². The summed E-state index contributed by atoms with van der Waals surface area (Å²) in [5.74, 6) is 0. The first-order valence-corrected chi connectivity index (χ1v) is 5.93. The molecular weight excluding hydrogens is 176 g/mol. The predicted molar refractivity (Wildman–Crippen MR) is 58.3 cm³/mol. The molecule has 0 N–H and O–H groups in total. The topological polar surface area (TPSA) is 18.5 Å². The minimum atomic E-state index is 0.0215. The van der Waals surface area contributed by atoms with Gasteiger partial charge in [0.25, 0.3) is 0 Å². The van der Waals surface area contributed by atoms with Crippen LogP contribution in [-0.2, 0) is 9.47 Å². The lowest BCUT2D eigenvalue weighted by Crippen LogP contribution is -2.38. The van der Waals surface area contributed by atoms with Crippen molar-refractivity contribution in [3.05, 3.63) is 0 Å². The first-order valence-electron chi connectivity index (χ1n) is 5.93. The third-order valence-electron chi connectivity index (χ3n) is 2.75. The Morgan fingerprint density at radius 3 is 2.64 bits per heavy atom. The standard InChI is InChI=1S/C12H24O2/c1-4-5-6-7-8-11-13-10-9-12(2,3)14-11/h11H,4-10H2,1-3H3. The van der Waals surface area contributed by atoms with Gasteiger partial charge in [0, 0.05) is 0 Å². The van der Waals surface area contributed by atoms with Gasteiger partial charge in [-0.3, -0.25) is 0 Å². The molecule has 0 spiro atoms. The third-order valence-corrected chi connectivity index (χ3v) is 2.75. The Morgan fingerprint density at radius 1 is 1.21 bits per heavy atom. The quantitative estimate of drug-likeness (QED) is 0.632. The van der Waals surface area contributed by atoms with Gasteiger partial charge < -0.3 is 9.47 Å². The van der Waals surface area contributed by atoms with Crippen molar-refractivity contribution in [1.82, 2.24) is 0 Å². The molecular formula is C12H24O2. The zero-order valence-electron chi connectivity index (χ0n) is 9.84. The Labute approximate surface area is 88.0 Å². The van der Waals surface area contributed by atoms with Crippen LogP contribution in [0, 0.1) is 0 Å².